The minimum atomic E-state index is -1.62. The highest BCUT2D eigenvalue weighted by Crippen LogP contribution is 2.54. The number of carbonyl (C=O) groups is 3. The molecule has 0 aliphatic carbocycles. The number of nitrogens with zero attached hydrogens (tertiary/aromatic N) is 1. The summed E-state index contributed by atoms with van der Waals surface area (Å²) in [7, 11) is 0. The molecule has 2 aromatic carbocycles. The number of thioether (sulfide) groups is 1. The van der Waals surface area contributed by atoms with Crippen LogP contribution in [-0.2, 0) is 32.1 Å². The number of amides is 2. The third-order valence-electron chi connectivity index (χ3n) is 5.80. The Balaban J connectivity index is 1.44. The van der Waals surface area contributed by atoms with Gasteiger partial charge in [-0.1, -0.05) is 60.7 Å². The number of nitrogens with two attached hydrogens (primary N) is 1. The van der Waals surface area contributed by atoms with E-state index in [0.29, 0.717) is 0 Å². The lowest BCUT2D eigenvalue weighted by Gasteiger charge is -2.48. The Morgan fingerprint density at radius 1 is 1.06 bits per heavy atom. The highest BCUT2D eigenvalue weighted by atomic mass is 32.2. The summed E-state index contributed by atoms with van der Waals surface area (Å²) in [5.74, 6) is -1.27. The zero-order chi connectivity index (χ0) is 22.2. The summed E-state index contributed by atoms with van der Waals surface area (Å²) in [6, 6.07) is 17.9. The van der Waals surface area contributed by atoms with Crippen molar-refractivity contribution in [2.45, 2.75) is 48.7 Å². The SMILES string of the molecule is CC1(C)S[C@@H]2[C@@H](NC(=O)Cc3ccccc3)C(=O)N2[C@@]1(N)C(=O)OCc1ccccc1. The number of hydrogen-bond donors (Lipinski definition) is 2. The highest BCUT2D eigenvalue weighted by Gasteiger charge is 2.72. The molecule has 2 fully saturated rings. The molecule has 0 saturated carbocycles. The van der Waals surface area contributed by atoms with Crippen LogP contribution in [0, 0.1) is 0 Å². The number of nitrogens with one attached hydrogen (secondary N) is 1. The summed E-state index contributed by atoms with van der Waals surface area (Å²) >= 11 is 1.40. The monoisotopic (exact) mass is 439 g/mol. The van der Waals surface area contributed by atoms with E-state index in [2.05, 4.69) is 5.32 Å². The van der Waals surface area contributed by atoms with Crippen LogP contribution in [0.5, 0.6) is 0 Å². The molecule has 0 unspecified atom stereocenters. The molecule has 0 spiro atoms. The third kappa shape index (κ3) is 3.70. The van der Waals surface area contributed by atoms with Crippen LogP contribution < -0.4 is 11.1 Å². The fraction of sp³-hybridized carbons (Fsp3) is 0.348. The number of hydrogen-bond acceptors (Lipinski definition) is 6. The van der Waals surface area contributed by atoms with Crippen LogP contribution in [0.15, 0.2) is 60.7 Å². The molecule has 2 heterocycles. The zero-order valence-electron chi connectivity index (χ0n) is 17.4. The van der Waals surface area contributed by atoms with Crippen molar-refractivity contribution in [2.75, 3.05) is 0 Å². The van der Waals surface area contributed by atoms with Crippen molar-refractivity contribution in [3.63, 3.8) is 0 Å². The van der Waals surface area contributed by atoms with E-state index in [4.69, 9.17) is 10.5 Å². The van der Waals surface area contributed by atoms with Crippen molar-refractivity contribution in [1.82, 2.24) is 10.2 Å². The van der Waals surface area contributed by atoms with Gasteiger partial charge in [0.05, 0.1) is 11.2 Å². The molecule has 0 bridgehead atoms. The molecule has 8 heteroatoms. The predicted molar refractivity (Wildman–Crippen MR) is 118 cm³/mol. The average molecular weight is 440 g/mol. The second-order valence-corrected chi connectivity index (χ2v) is 10.0. The maximum atomic E-state index is 13.0. The minimum absolute atomic E-state index is 0.0727. The Kier molecular flexibility index (Phi) is 5.53. The van der Waals surface area contributed by atoms with E-state index < -0.39 is 27.8 Å². The molecule has 31 heavy (non-hydrogen) atoms. The van der Waals surface area contributed by atoms with Crippen molar-refractivity contribution >= 4 is 29.5 Å². The number of β-lactam (4-membered cyclic amide) rings is 1. The van der Waals surface area contributed by atoms with Crippen molar-refractivity contribution in [2.24, 2.45) is 5.73 Å². The largest absolute Gasteiger partial charge is 0.458 e. The van der Waals surface area contributed by atoms with Gasteiger partial charge in [0, 0.05) is 0 Å². The van der Waals surface area contributed by atoms with E-state index >= 15 is 0 Å². The number of benzene rings is 2. The van der Waals surface area contributed by atoms with Gasteiger partial charge in [-0.2, -0.15) is 0 Å². The lowest BCUT2D eigenvalue weighted by molar-refractivity contribution is -0.176. The Morgan fingerprint density at radius 3 is 2.26 bits per heavy atom. The van der Waals surface area contributed by atoms with Crippen LogP contribution in [0.4, 0.5) is 0 Å². The Morgan fingerprint density at radius 2 is 1.65 bits per heavy atom. The van der Waals surface area contributed by atoms with Crippen LogP contribution in [-0.4, -0.2) is 44.5 Å². The molecule has 2 saturated heterocycles. The van der Waals surface area contributed by atoms with Crippen molar-refractivity contribution in [3.05, 3.63) is 71.8 Å². The van der Waals surface area contributed by atoms with Crippen molar-refractivity contribution in [3.8, 4) is 0 Å². The van der Waals surface area contributed by atoms with E-state index in [9.17, 15) is 14.4 Å². The highest BCUT2D eigenvalue weighted by molar-refractivity contribution is 8.01. The molecule has 3 atom stereocenters. The van der Waals surface area contributed by atoms with Gasteiger partial charge in [0.1, 0.15) is 18.0 Å². The van der Waals surface area contributed by atoms with Crippen LogP contribution >= 0.6 is 11.8 Å². The molecular weight excluding hydrogens is 414 g/mol. The first-order valence-electron chi connectivity index (χ1n) is 10.1. The van der Waals surface area contributed by atoms with Crippen molar-refractivity contribution in [1.29, 1.82) is 0 Å². The number of ether oxygens (including phenoxy) is 1. The van der Waals surface area contributed by atoms with Gasteiger partial charge in [-0.3, -0.25) is 20.2 Å². The smallest absolute Gasteiger partial charge is 0.349 e. The Bertz CT molecular complexity index is 998. The number of fused-ring (bicyclic) bond motifs is 1. The number of esters is 1. The van der Waals surface area contributed by atoms with Gasteiger partial charge in [-0.15, -0.1) is 11.8 Å². The number of rotatable bonds is 6. The molecule has 162 valence electrons. The van der Waals surface area contributed by atoms with Crippen LogP contribution in [0.1, 0.15) is 25.0 Å². The maximum Gasteiger partial charge on any atom is 0.349 e. The molecule has 7 nitrogen and oxygen atoms in total. The summed E-state index contributed by atoms with van der Waals surface area (Å²) < 4.78 is 4.70. The predicted octanol–water partition coefficient (Wildman–Crippen LogP) is 1.81. The molecule has 3 N–H and O–H groups in total. The first kappa shape index (κ1) is 21.4. The van der Waals surface area contributed by atoms with Crippen LogP contribution in [0.25, 0.3) is 0 Å². The van der Waals surface area contributed by atoms with E-state index in [1.807, 2.05) is 74.5 Å². The molecule has 0 radical (unpaired) electrons. The second-order valence-electron chi connectivity index (χ2n) is 8.26. The molecule has 2 amide bonds. The summed E-state index contributed by atoms with van der Waals surface area (Å²) in [6.07, 6.45) is 0.179. The molecular formula is C23H25N3O4S. The van der Waals surface area contributed by atoms with Crippen LogP contribution in [0.2, 0.25) is 0 Å². The van der Waals surface area contributed by atoms with Gasteiger partial charge in [0.25, 0.3) is 5.91 Å². The third-order valence-corrected chi connectivity index (χ3v) is 7.43. The molecule has 2 aliphatic rings. The fourth-order valence-corrected chi connectivity index (χ4v) is 5.62. The summed E-state index contributed by atoms with van der Waals surface area (Å²) in [4.78, 5) is 39.8. The lowest BCUT2D eigenvalue weighted by atomic mass is 9.89. The maximum absolute atomic E-state index is 13.0. The summed E-state index contributed by atoms with van der Waals surface area (Å²) in [6.45, 7) is 3.70. The van der Waals surface area contributed by atoms with Gasteiger partial charge in [-0.05, 0) is 25.0 Å². The fourth-order valence-electron chi connectivity index (χ4n) is 3.96. The lowest BCUT2D eigenvalue weighted by Crippen LogP contribution is -2.79. The first-order valence-corrected chi connectivity index (χ1v) is 11.0. The van der Waals surface area contributed by atoms with Crippen LogP contribution in [0.3, 0.4) is 0 Å². The molecule has 4 rings (SSSR count). The summed E-state index contributed by atoms with van der Waals surface area (Å²) in [5, 5.41) is 2.38. The standard InChI is InChI=1S/C23H25N3O4S/c1-22(2)23(24,21(29)30-14-16-11-7-4-8-12-16)26-19(28)18(20(26)31-22)25-17(27)13-15-9-5-3-6-10-15/h3-12,18,20H,13-14,24H2,1-2H3,(H,25,27)/t18-,20+,23-/m0/s1. The number of carbonyl (C=O) groups excluding carboxylic acids is 3. The molecule has 2 aliphatic heterocycles. The minimum Gasteiger partial charge on any atom is -0.458 e. The Hall–Kier alpha value is -2.84. The molecule has 0 aromatic heterocycles. The molecule has 2 aromatic rings. The van der Waals surface area contributed by atoms with Gasteiger partial charge >= 0.3 is 5.97 Å². The van der Waals surface area contributed by atoms with Gasteiger partial charge in [0.2, 0.25) is 11.6 Å². The zero-order valence-corrected chi connectivity index (χ0v) is 18.2. The normalized spacial score (nSPS) is 26.0. The Labute approximate surface area is 185 Å². The van der Waals surface area contributed by atoms with E-state index in [1.165, 1.54) is 16.7 Å². The summed E-state index contributed by atoms with van der Waals surface area (Å²) in [5.41, 5.74) is 6.61. The second kappa shape index (κ2) is 8.01. The van der Waals surface area contributed by atoms with E-state index in [1.54, 1.807) is 0 Å². The van der Waals surface area contributed by atoms with Gasteiger partial charge in [-0.25, -0.2) is 4.79 Å². The topological polar surface area (TPSA) is 102 Å². The van der Waals surface area contributed by atoms with Gasteiger partial charge < -0.3 is 10.1 Å². The quantitative estimate of drug-likeness (QED) is 0.526. The van der Waals surface area contributed by atoms with E-state index in [0.717, 1.165) is 11.1 Å². The van der Waals surface area contributed by atoms with Gasteiger partial charge in [0.15, 0.2) is 0 Å². The average Bonchev–Trinajstić information content (AvgIpc) is 2.95. The van der Waals surface area contributed by atoms with E-state index in [-0.39, 0.29) is 24.8 Å². The first-order chi connectivity index (χ1) is 14.7. The van der Waals surface area contributed by atoms with Crippen molar-refractivity contribution < 1.29 is 19.1 Å².